The molecule has 168 valence electrons. The molecule has 3 aromatic carbocycles. The molecule has 0 saturated carbocycles. The zero-order valence-electron chi connectivity index (χ0n) is 17.2. The van der Waals surface area contributed by atoms with Crippen LogP contribution in [0.15, 0.2) is 72.4 Å². The van der Waals surface area contributed by atoms with E-state index in [2.05, 4.69) is 10.6 Å². The Kier molecular flexibility index (Phi) is 7.66. The fourth-order valence-corrected chi connectivity index (χ4v) is 3.21. The number of non-ortho nitro benzene ring substituents is 1. The minimum Gasteiger partial charge on any atom is -0.497 e. The number of halogens is 2. The van der Waals surface area contributed by atoms with Crippen LogP contribution in [0.25, 0.3) is 6.08 Å². The molecule has 33 heavy (non-hydrogen) atoms. The zero-order valence-corrected chi connectivity index (χ0v) is 18.7. The van der Waals surface area contributed by atoms with Crippen LogP contribution in [0.1, 0.15) is 15.9 Å². The van der Waals surface area contributed by atoms with Crippen LogP contribution in [0.2, 0.25) is 10.0 Å². The summed E-state index contributed by atoms with van der Waals surface area (Å²) in [6, 6.07) is 16.6. The average molecular weight is 486 g/mol. The van der Waals surface area contributed by atoms with Crippen LogP contribution in [0.5, 0.6) is 5.75 Å². The molecule has 10 heteroatoms. The molecular weight excluding hydrogens is 469 g/mol. The first-order valence-electron chi connectivity index (χ1n) is 9.45. The zero-order chi connectivity index (χ0) is 24.0. The van der Waals surface area contributed by atoms with E-state index in [1.54, 1.807) is 30.3 Å². The Balaban J connectivity index is 1.93. The second kappa shape index (κ2) is 10.6. The van der Waals surface area contributed by atoms with E-state index in [1.165, 1.54) is 49.6 Å². The molecule has 8 nitrogen and oxygen atoms in total. The molecule has 0 atom stereocenters. The number of nitrogens with one attached hydrogen (secondary N) is 2. The van der Waals surface area contributed by atoms with Gasteiger partial charge in [-0.3, -0.25) is 19.7 Å². The number of ether oxygens (including phenoxy) is 1. The maximum absolute atomic E-state index is 13.0. The van der Waals surface area contributed by atoms with Gasteiger partial charge < -0.3 is 15.4 Å². The normalized spacial score (nSPS) is 10.9. The van der Waals surface area contributed by atoms with Gasteiger partial charge in [0.25, 0.3) is 17.5 Å². The highest BCUT2D eigenvalue weighted by atomic mass is 35.5. The van der Waals surface area contributed by atoms with Crippen LogP contribution >= 0.6 is 23.2 Å². The molecule has 0 saturated heterocycles. The van der Waals surface area contributed by atoms with Gasteiger partial charge in [0.1, 0.15) is 11.4 Å². The van der Waals surface area contributed by atoms with Crippen molar-refractivity contribution >= 4 is 52.5 Å². The summed E-state index contributed by atoms with van der Waals surface area (Å²) >= 11 is 12.3. The van der Waals surface area contributed by atoms with Crippen molar-refractivity contribution in [2.45, 2.75) is 0 Å². The molecule has 0 aromatic heterocycles. The SMILES string of the molecule is COc1ccc(C(=O)NC(=Cc2ccc([N+](=O)[O-])cc2)C(=O)Nc2ccccc2Cl)c(Cl)c1. The molecule has 0 radical (unpaired) electrons. The third-order valence-corrected chi connectivity index (χ3v) is 5.09. The lowest BCUT2D eigenvalue weighted by Crippen LogP contribution is -2.31. The third kappa shape index (κ3) is 6.09. The van der Waals surface area contributed by atoms with Crippen LogP contribution in [-0.2, 0) is 4.79 Å². The minimum absolute atomic E-state index is 0.108. The van der Waals surface area contributed by atoms with E-state index in [1.807, 2.05) is 0 Å². The van der Waals surface area contributed by atoms with Crippen LogP contribution in [0.4, 0.5) is 11.4 Å². The molecular formula is C23H17Cl2N3O5. The van der Waals surface area contributed by atoms with Crippen molar-refractivity contribution in [2.75, 3.05) is 12.4 Å². The number of carbonyl (C=O) groups excluding carboxylic acids is 2. The van der Waals surface area contributed by atoms with Crippen molar-refractivity contribution in [3.8, 4) is 5.75 Å². The van der Waals surface area contributed by atoms with Gasteiger partial charge in [0.05, 0.1) is 33.3 Å². The quantitative estimate of drug-likeness (QED) is 0.267. The topological polar surface area (TPSA) is 111 Å². The highest BCUT2D eigenvalue weighted by Crippen LogP contribution is 2.24. The number of hydrogen-bond acceptors (Lipinski definition) is 5. The number of anilines is 1. The number of para-hydroxylation sites is 1. The van der Waals surface area contributed by atoms with Crippen LogP contribution in [0.3, 0.4) is 0 Å². The largest absolute Gasteiger partial charge is 0.497 e. The maximum Gasteiger partial charge on any atom is 0.272 e. The van der Waals surface area contributed by atoms with Crippen molar-refractivity contribution in [3.05, 3.63) is 104 Å². The summed E-state index contributed by atoms with van der Waals surface area (Å²) in [5, 5.41) is 16.5. The Morgan fingerprint density at radius 2 is 1.70 bits per heavy atom. The summed E-state index contributed by atoms with van der Waals surface area (Å²) in [5.74, 6) is -0.820. The van der Waals surface area contributed by atoms with E-state index in [0.717, 1.165) is 0 Å². The number of rotatable bonds is 7. The molecule has 0 unspecified atom stereocenters. The van der Waals surface area contributed by atoms with E-state index in [9.17, 15) is 19.7 Å². The standard InChI is InChI=1S/C23H17Cl2N3O5/c1-33-16-10-11-17(19(25)13-16)22(29)27-21(12-14-6-8-15(9-7-14)28(31)32)23(30)26-20-5-3-2-4-18(20)24/h2-13H,1H3,(H,26,30)(H,27,29). The van der Waals surface area contributed by atoms with E-state index < -0.39 is 16.7 Å². The van der Waals surface area contributed by atoms with Crippen LogP contribution in [-0.4, -0.2) is 23.8 Å². The summed E-state index contributed by atoms with van der Waals surface area (Å²) in [5.41, 5.74) is 0.683. The van der Waals surface area contributed by atoms with E-state index in [-0.39, 0.29) is 22.0 Å². The lowest BCUT2D eigenvalue weighted by atomic mass is 10.1. The van der Waals surface area contributed by atoms with E-state index >= 15 is 0 Å². The van der Waals surface area contributed by atoms with Gasteiger partial charge in [-0.2, -0.15) is 0 Å². The number of benzene rings is 3. The fourth-order valence-electron chi connectivity index (χ4n) is 2.77. The van der Waals surface area contributed by atoms with Crippen LogP contribution < -0.4 is 15.4 Å². The van der Waals surface area contributed by atoms with Gasteiger partial charge in [-0.05, 0) is 54.1 Å². The fraction of sp³-hybridized carbons (Fsp3) is 0.0435. The summed E-state index contributed by atoms with van der Waals surface area (Å²) < 4.78 is 5.08. The van der Waals surface area contributed by atoms with Gasteiger partial charge in [0.2, 0.25) is 0 Å². The number of methoxy groups -OCH3 is 1. The van der Waals surface area contributed by atoms with Crippen molar-refractivity contribution in [2.24, 2.45) is 0 Å². The van der Waals surface area contributed by atoms with Gasteiger partial charge in [-0.15, -0.1) is 0 Å². The Morgan fingerprint density at radius 1 is 1.00 bits per heavy atom. The predicted octanol–water partition coefficient (Wildman–Crippen LogP) is 5.32. The number of hydrogen-bond donors (Lipinski definition) is 2. The molecule has 0 aliphatic carbocycles. The Hall–Kier alpha value is -3.88. The molecule has 3 aromatic rings. The Bertz CT molecular complexity index is 1240. The maximum atomic E-state index is 13.0. The second-order valence-electron chi connectivity index (χ2n) is 6.64. The number of nitro groups is 1. The molecule has 0 spiro atoms. The Morgan fingerprint density at radius 3 is 2.30 bits per heavy atom. The van der Waals surface area contributed by atoms with Crippen molar-refractivity contribution in [3.63, 3.8) is 0 Å². The highest BCUT2D eigenvalue weighted by Gasteiger charge is 2.18. The summed E-state index contributed by atoms with van der Waals surface area (Å²) in [7, 11) is 1.47. The number of nitro benzene ring substituents is 1. The monoisotopic (exact) mass is 485 g/mol. The number of nitrogens with zero attached hydrogens (tertiary/aromatic N) is 1. The van der Waals surface area contributed by atoms with Gasteiger partial charge >= 0.3 is 0 Å². The van der Waals surface area contributed by atoms with Crippen LogP contribution in [0, 0.1) is 10.1 Å². The van der Waals surface area contributed by atoms with Gasteiger partial charge in [-0.25, -0.2) is 0 Å². The average Bonchev–Trinajstić information content (AvgIpc) is 2.80. The molecule has 0 aliphatic heterocycles. The number of amides is 2. The van der Waals surface area contributed by atoms with Gasteiger partial charge in [0.15, 0.2) is 0 Å². The molecule has 0 aliphatic rings. The minimum atomic E-state index is -0.653. The van der Waals surface area contributed by atoms with Gasteiger partial charge in [-0.1, -0.05) is 35.3 Å². The van der Waals surface area contributed by atoms with Gasteiger partial charge in [0, 0.05) is 12.1 Å². The second-order valence-corrected chi connectivity index (χ2v) is 7.45. The van der Waals surface area contributed by atoms with Crippen molar-refractivity contribution in [1.82, 2.24) is 5.32 Å². The molecule has 0 fully saturated rings. The molecule has 3 rings (SSSR count). The molecule has 0 heterocycles. The molecule has 0 bridgehead atoms. The summed E-state index contributed by atoms with van der Waals surface area (Å²) in [4.78, 5) is 36.2. The van der Waals surface area contributed by atoms with E-state index in [0.29, 0.717) is 22.0 Å². The molecule has 2 N–H and O–H groups in total. The smallest absolute Gasteiger partial charge is 0.272 e. The predicted molar refractivity (Wildman–Crippen MR) is 127 cm³/mol. The van der Waals surface area contributed by atoms with E-state index in [4.69, 9.17) is 27.9 Å². The van der Waals surface area contributed by atoms with Crippen molar-refractivity contribution in [1.29, 1.82) is 0 Å². The Labute approximate surface area is 198 Å². The number of carbonyl (C=O) groups is 2. The molecule has 2 amide bonds. The first-order chi connectivity index (χ1) is 15.8. The lowest BCUT2D eigenvalue weighted by Gasteiger charge is -2.13. The first kappa shape index (κ1) is 23.8. The lowest BCUT2D eigenvalue weighted by molar-refractivity contribution is -0.384. The summed E-state index contributed by atoms with van der Waals surface area (Å²) in [6.07, 6.45) is 1.38. The first-order valence-corrected chi connectivity index (χ1v) is 10.2. The highest BCUT2D eigenvalue weighted by molar-refractivity contribution is 6.34. The van der Waals surface area contributed by atoms with Crippen molar-refractivity contribution < 1.29 is 19.2 Å². The summed E-state index contributed by atoms with van der Waals surface area (Å²) in [6.45, 7) is 0. The third-order valence-electron chi connectivity index (χ3n) is 4.45.